The van der Waals surface area contributed by atoms with E-state index < -0.39 is 5.97 Å². The van der Waals surface area contributed by atoms with Gasteiger partial charge in [-0.05, 0) is 72.9 Å². The first-order valence-corrected chi connectivity index (χ1v) is 12.1. The number of amides is 1. The van der Waals surface area contributed by atoms with E-state index in [1.165, 1.54) is 5.56 Å². The van der Waals surface area contributed by atoms with E-state index in [0.29, 0.717) is 36.4 Å². The second kappa shape index (κ2) is 11.1. The summed E-state index contributed by atoms with van der Waals surface area (Å²) in [4.78, 5) is 36.1. The highest BCUT2D eigenvalue weighted by atomic mass is 16.4. The molecule has 0 saturated heterocycles. The molecule has 1 aliphatic carbocycles. The lowest BCUT2D eigenvalue weighted by molar-refractivity contribution is -0.143. The van der Waals surface area contributed by atoms with Crippen molar-refractivity contribution in [3.05, 3.63) is 83.4 Å². The van der Waals surface area contributed by atoms with Crippen LogP contribution in [0.5, 0.6) is 0 Å². The van der Waals surface area contributed by atoms with E-state index in [1.54, 1.807) is 0 Å². The van der Waals surface area contributed by atoms with Crippen molar-refractivity contribution in [2.75, 3.05) is 6.54 Å². The minimum Gasteiger partial charge on any atom is -0.481 e. The fourth-order valence-corrected chi connectivity index (χ4v) is 4.80. The lowest BCUT2D eigenvalue weighted by Gasteiger charge is -2.26. The summed E-state index contributed by atoms with van der Waals surface area (Å²) in [6.07, 6.45) is 5.32. The van der Waals surface area contributed by atoms with E-state index in [1.807, 2.05) is 66.7 Å². The number of hydrogen-bond acceptors (Lipinski definition) is 3. The number of carbonyl (C=O) groups is 3. The van der Waals surface area contributed by atoms with Crippen LogP contribution in [0.3, 0.4) is 0 Å². The molecule has 0 atom stereocenters. The number of nitrogens with one attached hydrogen (secondary N) is 1. The molecule has 1 aliphatic rings. The van der Waals surface area contributed by atoms with E-state index >= 15 is 0 Å². The third-order valence-corrected chi connectivity index (χ3v) is 6.87. The zero-order valence-electron chi connectivity index (χ0n) is 19.3. The first-order chi connectivity index (χ1) is 16.5. The highest BCUT2D eigenvalue weighted by Gasteiger charge is 2.25. The van der Waals surface area contributed by atoms with E-state index in [2.05, 4.69) is 5.32 Å². The molecule has 0 spiro atoms. The summed E-state index contributed by atoms with van der Waals surface area (Å²) in [6.45, 7) is 0.453. The summed E-state index contributed by atoms with van der Waals surface area (Å²) >= 11 is 0. The Balaban J connectivity index is 1.19. The monoisotopic (exact) mass is 457 g/mol. The molecule has 1 fully saturated rings. The van der Waals surface area contributed by atoms with E-state index in [4.69, 9.17) is 5.11 Å². The Hall–Kier alpha value is -3.47. The van der Waals surface area contributed by atoms with Crippen molar-refractivity contribution in [2.45, 2.75) is 44.9 Å². The van der Waals surface area contributed by atoms with Gasteiger partial charge in [0, 0.05) is 24.1 Å². The van der Waals surface area contributed by atoms with Crippen LogP contribution < -0.4 is 5.32 Å². The van der Waals surface area contributed by atoms with Gasteiger partial charge in [-0.25, -0.2) is 0 Å². The van der Waals surface area contributed by atoms with Crippen LogP contribution in [0.15, 0.2) is 66.7 Å². The van der Waals surface area contributed by atoms with Gasteiger partial charge in [0.25, 0.3) is 5.91 Å². The molecule has 0 aromatic heterocycles. The Morgan fingerprint density at radius 3 is 2.21 bits per heavy atom. The average Bonchev–Trinajstić information content (AvgIpc) is 2.87. The molecule has 5 nitrogen and oxygen atoms in total. The smallest absolute Gasteiger partial charge is 0.306 e. The quantitative estimate of drug-likeness (QED) is 0.320. The maximum atomic E-state index is 12.5. The SMILES string of the molecule is O=C(CCCNC(=O)c1ccc2ccccc2c1)c1ccc(CC2CCC(C(=O)O)CC2)cc1. The maximum Gasteiger partial charge on any atom is 0.306 e. The summed E-state index contributed by atoms with van der Waals surface area (Å²) in [6, 6.07) is 21.4. The summed E-state index contributed by atoms with van der Waals surface area (Å²) in [5, 5.41) is 14.2. The fourth-order valence-electron chi connectivity index (χ4n) is 4.80. The largest absolute Gasteiger partial charge is 0.481 e. The van der Waals surface area contributed by atoms with Gasteiger partial charge in [0.1, 0.15) is 0 Å². The van der Waals surface area contributed by atoms with E-state index in [0.717, 1.165) is 42.9 Å². The Morgan fingerprint density at radius 2 is 1.50 bits per heavy atom. The third kappa shape index (κ3) is 6.10. The second-order valence-electron chi connectivity index (χ2n) is 9.30. The van der Waals surface area contributed by atoms with Gasteiger partial charge in [0.2, 0.25) is 0 Å². The van der Waals surface area contributed by atoms with E-state index in [9.17, 15) is 14.4 Å². The molecule has 0 unspecified atom stereocenters. The Bertz CT molecular complexity index is 1160. The van der Waals surface area contributed by atoms with Gasteiger partial charge in [-0.3, -0.25) is 14.4 Å². The fraction of sp³-hybridized carbons (Fsp3) is 0.345. The molecule has 0 aliphatic heterocycles. The predicted molar refractivity (Wildman–Crippen MR) is 133 cm³/mol. The number of benzene rings is 3. The van der Waals surface area contributed by atoms with Gasteiger partial charge in [-0.1, -0.05) is 54.6 Å². The minimum absolute atomic E-state index is 0.0773. The minimum atomic E-state index is -0.672. The highest BCUT2D eigenvalue weighted by Crippen LogP contribution is 2.31. The Labute approximate surface area is 200 Å². The number of hydrogen-bond donors (Lipinski definition) is 2. The van der Waals surface area contributed by atoms with Crippen molar-refractivity contribution in [3.63, 3.8) is 0 Å². The topological polar surface area (TPSA) is 83.5 Å². The summed E-state index contributed by atoms with van der Waals surface area (Å²) < 4.78 is 0. The molecule has 0 radical (unpaired) electrons. The van der Waals surface area contributed by atoms with Crippen molar-refractivity contribution >= 4 is 28.4 Å². The number of Topliss-reactive ketones (excluding diaryl/α,β-unsaturated/α-hetero) is 1. The zero-order chi connectivity index (χ0) is 23.9. The van der Waals surface area contributed by atoms with Crippen molar-refractivity contribution in [1.29, 1.82) is 0 Å². The molecule has 5 heteroatoms. The van der Waals surface area contributed by atoms with Crippen LogP contribution in [-0.2, 0) is 11.2 Å². The van der Waals surface area contributed by atoms with Crippen molar-refractivity contribution in [3.8, 4) is 0 Å². The number of fused-ring (bicyclic) bond motifs is 1. The normalized spacial score (nSPS) is 17.9. The van der Waals surface area contributed by atoms with Crippen molar-refractivity contribution < 1.29 is 19.5 Å². The average molecular weight is 458 g/mol. The molecule has 34 heavy (non-hydrogen) atoms. The first-order valence-electron chi connectivity index (χ1n) is 12.1. The first kappa shape index (κ1) is 23.7. The number of carbonyl (C=O) groups excluding carboxylic acids is 2. The number of rotatable bonds is 9. The molecular formula is C29H31NO4. The van der Waals surface area contributed by atoms with Gasteiger partial charge >= 0.3 is 5.97 Å². The van der Waals surface area contributed by atoms with Crippen LogP contribution in [0.4, 0.5) is 0 Å². The Morgan fingerprint density at radius 1 is 0.824 bits per heavy atom. The van der Waals surface area contributed by atoms with Gasteiger partial charge in [0.15, 0.2) is 5.78 Å². The van der Waals surface area contributed by atoms with Crippen LogP contribution >= 0.6 is 0 Å². The number of carboxylic acid groups (broad SMARTS) is 1. The van der Waals surface area contributed by atoms with Crippen molar-refractivity contribution in [1.82, 2.24) is 5.32 Å². The van der Waals surface area contributed by atoms with Gasteiger partial charge in [-0.15, -0.1) is 0 Å². The lowest BCUT2D eigenvalue weighted by atomic mass is 9.79. The van der Waals surface area contributed by atoms with Crippen molar-refractivity contribution in [2.24, 2.45) is 11.8 Å². The van der Waals surface area contributed by atoms with Gasteiger partial charge < -0.3 is 10.4 Å². The van der Waals surface area contributed by atoms with Gasteiger partial charge in [0.05, 0.1) is 5.92 Å². The molecule has 3 aromatic rings. The zero-order valence-corrected chi connectivity index (χ0v) is 19.3. The number of aliphatic carboxylic acids is 1. The van der Waals surface area contributed by atoms with Crippen LogP contribution in [0.2, 0.25) is 0 Å². The van der Waals surface area contributed by atoms with Gasteiger partial charge in [-0.2, -0.15) is 0 Å². The maximum absolute atomic E-state index is 12.5. The second-order valence-corrected chi connectivity index (χ2v) is 9.30. The standard InChI is InChI=1S/C29H31NO4/c31-27(6-3-17-30-28(32)26-16-15-22-4-1-2-5-25(22)19-26)23-11-7-20(8-12-23)18-21-9-13-24(14-10-21)29(33)34/h1-2,4-5,7-8,11-12,15-16,19,21,24H,3,6,9-10,13-14,17-18H2,(H,30,32)(H,33,34). The van der Waals surface area contributed by atoms with Crippen LogP contribution in [-0.4, -0.2) is 29.3 Å². The summed E-state index contributed by atoms with van der Waals surface area (Å²) in [7, 11) is 0. The molecule has 176 valence electrons. The highest BCUT2D eigenvalue weighted by molar-refractivity contribution is 5.98. The number of carboxylic acids is 1. The molecule has 2 N–H and O–H groups in total. The van der Waals surface area contributed by atoms with Crippen LogP contribution in [0.25, 0.3) is 10.8 Å². The van der Waals surface area contributed by atoms with Crippen LogP contribution in [0, 0.1) is 11.8 Å². The molecule has 0 heterocycles. The van der Waals surface area contributed by atoms with E-state index in [-0.39, 0.29) is 17.6 Å². The summed E-state index contributed by atoms with van der Waals surface area (Å²) in [5.41, 5.74) is 2.51. The molecule has 4 rings (SSSR count). The molecular weight excluding hydrogens is 426 g/mol. The summed E-state index contributed by atoms with van der Waals surface area (Å²) in [5.74, 6) is -0.389. The third-order valence-electron chi connectivity index (χ3n) is 6.87. The lowest BCUT2D eigenvalue weighted by Crippen LogP contribution is -2.24. The number of ketones is 1. The molecule has 1 amide bonds. The Kier molecular flexibility index (Phi) is 7.73. The predicted octanol–water partition coefficient (Wildman–Crippen LogP) is 5.67. The van der Waals surface area contributed by atoms with Crippen LogP contribution in [0.1, 0.15) is 64.8 Å². The molecule has 3 aromatic carbocycles. The molecule has 0 bridgehead atoms. The molecule has 1 saturated carbocycles.